The van der Waals surface area contributed by atoms with Crippen LogP contribution in [0.4, 0.5) is 5.82 Å². The van der Waals surface area contributed by atoms with Gasteiger partial charge in [0.2, 0.25) is 5.28 Å². The Morgan fingerprint density at radius 1 is 1.33 bits per heavy atom. The number of rotatable bonds is 2. The van der Waals surface area contributed by atoms with E-state index in [9.17, 15) is 0 Å². The molecule has 2 heterocycles. The van der Waals surface area contributed by atoms with Crippen LogP contribution < -0.4 is 4.90 Å². The molecule has 2 rings (SSSR count). The smallest absolute Gasteiger partial charge is 0.224 e. The zero-order valence-electron chi connectivity index (χ0n) is 8.12. The first-order chi connectivity index (χ1) is 7.29. The third-order valence-electron chi connectivity index (χ3n) is 2.21. The van der Waals surface area contributed by atoms with Crippen molar-refractivity contribution < 1.29 is 4.74 Å². The SMILES string of the molecule is ClCc1cc(N2CCOCC2)nc(Cl)n1. The molecule has 0 unspecified atom stereocenters. The van der Waals surface area contributed by atoms with Gasteiger partial charge in [0, 0.05) is 19.2 Å². The average Bonchev–Trinajstić information content (AvgIpc) is 2.29. The summed E-state index contributed by atoms with van der Waals surface area (Å²) in [5.41, 5.74) is 0.748. The van der Waals surface area contributed by atoms with Crippen LogP contribution in [-0.4, -0.2) is 36.3 Å². The molecule has 0 amide bonds. The van der Waals surface area contributed by atoms with Crippen molar-refractivity contribution in [1.29, 1.82) is 0 Å². The molecule has 0 aliphatic carbocycles. The molecule has 1 aliphatic rings. The maximum absolute atomic E-state index is 5.81. The summed E-state index contributed by atoms with van der Waals surface area (Å²) in [7, 11) is 0. The van der Waals surface area contributed by atoms with Gasteiger partial charge in [-0.1, -0.05) is 0 Å². The minimum atomic E-state index is 0.245. The van der Waals surface area contributed by atoms with Crippen molar-refractivity contribution in [2.45, 2.75) is 5.88 Å². The molecule has 0 aromatic carbocycles. The van der Waals surface area contributed by atoms with E-state index >= 15 is 0 Å². The van der Waals surface area contributed by atoms with Gasteiger partial charge in [0.25, 0.3) is 0 Å². The Balaban J connectivity index is 2.22. The predicted octanol–water partition coefficient (Wildman–Crippen LogP) is 1.71. The lowest BCUT2D eigenvalue weighted by atomic mass is 10.3. The Hall–Kier alpha value is -0.580. The number of halogens is 2. The summed E-state index contributed by atoms with van der Waals surface area (Å²) >= 11 is 11.5. The van der Waals surface area contributed by atoms with Crippen LogP contribution in [0.15, 0.2) is 6.07 Å². The number of alkyl halides is 1. The second-order valence-corrected chi connectivity index (χ2v) is 3.82. The van der Waals surface area contributed by atoms with E-state index in [0.29, 0.717) is 5.88 Å². The fraction of sp³-hybridized carbons (Fsp3) is 0.556. The van der Waals surface area contributed by atoms with Gasteiger partial charge < -0.3 is 9.64 Å². The van der Waals surface area contributed by atoms with Crippen molar-refractivity contribution in [3.05, 3.63) is 17.0 Å². The molecule has 1 aromatic heterocycles. The predicted molar refractivity (Wildman–Crippen MR) is 59.6 cm³/mol. The van der Waals surface area contributed by atoms with Crippen molar-refractivity contribution >= 4 is 29.0 Å². The highest BCUT2D eigenvalue weighted by Crippen LogP contribution is 2.17. The summed E-state index contributed by atoms with van der Waals surface area (Å²) < 4.78 is 5.26. The Morgan fingerprint density at radius 2 is 2.07 bits per heavy atom. The molecular weight excluding hydrogens is 237 g/mol. The van der Waals surface area contributed by atoms with Gasteiger partial charge in [-0.25, -0.2) is 9.97 Å². The van der Waals surface area contributed by atoms with E-state index in [1.165, 1.54) is 0 Å². The van der Waals surface area contributed by atoms with Gasteiger partial charge in [0.15, 0.2) is 0 Å². The lowest BCUT2D eigenvalue weighted by molar-refractivity contribution is 0.122. The van der Waals surface area contributed by atoms with Crippen molar-refractivity contribution in [3.8, 4) is 0 Å². The lowest BCUT2D eigenvalue weighted by Crippen LogP contribution is -2.36. The van der Waals surface area contributed by atoms with Crippen molar-refractivity contribution in [1.82, 2.24) is 9.97 Å². The van der Waals surface area contributed by atoms with Gasteiger partial charge in [-0.2, -0.15) is 0 Å². The normalized spacial score (nSPS) is 16.8. The van der Waals surface area contributed by atoms with E-state index in [2.05, 4.69) is 14.9 Å². The first-order valence-corrected chi connectivity index (χ1v) is 5.63. The van der Waals surface area contributed by atoms with E-state index in [0.717, 1.165) is 37.8 Å². The summed E-state index contributed by atoms with van der Waals surface area (Å²) in [5, 5.41) is 0.245. The van der Waals surface area contributed by atoms with E-state index in [4.69, 9.17) is 27.9 Å². The van der Waals surface area contributed by atoms with Crippen LogP contribution in [0.3, 0.4) is 0 Å². The van der Waals surface area contributed by atoms with Crippen molar-refractivity contribution in [3.63, 3.8) is 0 Å². The summed E-state index contributed by atoms with van der Waals surface area (Å²) in [6.45, 7) is 3.10. The van der Waals surface area contributed by atoms with Gasteiger partial charge in [-0.3, -0.25) is 0 Å². The standard InChI is InChI=1S/C9H11Cl2N3O/c10-6-7-5-8(13-9(11)12-7)14-1-3-15-4-2-14/h5H,1-4,6H2. The van der Waals surface area contributed by atoms with Crippen LogP contribution >= 0.6 is 23.2 Å². The Labute approximate surface area is 98.2 Å². The molecule has 4 nitrogen and oxygen atoms in total. The zero-order chi connectivity index (χ0) is 10.7. The summed E-state index contributed by atoms with van der Waals surface area (Å²) in [5.74, 6) is 1.17. The van der Waals surface area contributed by atoms with Gasteiger partial charge in [0.1, 0.15) is 5.82 Å². The monoisotopic (exact) mass is 247 g/mol. The number of anilines is 1. The molecule has 0 atom stereocenters. The highest BCUT2D eigenvalue weighted by Gasteiger charge is 2.14. The molecule has 0 radical (unpaired) electrons. The van der Waals surface area contributed by atoms with Crippen LogP contribution in [0, 0.1) is 0 Å². The molecule has 1 aliphatic heterocycles. The molecule has 0 saturated carbocycles. The second kappa shape index (κ2) is 4.96. The molecule has 1 aromatic rings. The van der Waals surface area contributed by atoms with Gasteiger partial charge in [-0.15, -0.1) is 11.6 Å². The summed E-state index contributed by atoms with van der Waals surface area (Å²) in [6.07, 6.45) is 0. The van der Waals surface area contributed by atoms with Gasteiger partial charge >= 0.3 is 0 Å². The van der Waals surface area contributed by atoms with Gasteiger partial charge in [0.05, 0.1) is 24.8 Å². The van der Waals surface area contributed by atoms with Crippen LogP contribution in [-0.2, 0) is 10.6 Å². The molecule has 15 heavy (non-hydrogen) atoms. The van der Waals surface area contributed by atoms with Crippen LogP contribution in [0.1, 0.15) is 5.69 Å². The minimum Gasteiger partial charge on any atom is -0.378 e. The van der Waals surface area contributed by atoms with Crippen molar-refractivity contribution in [2.24, 2.45) is 0 Å². The molecule has 1 saturated heterocycles. The summed E-state index contributed by atoms with van der Waals surface area (Å²) in [6, 6.07) is 1.87. The largest absolute Gasteiger partial charge is 0.378 e. The topological polar surface area (TPSA) is 38.2 Å². The number of hydrogen-bond acceptors (Lipinski definition) is 4. The molecule has 82 valence electrons. The zero-order valence-corrected chi connectivity index (χ0v) is 9.63. The highest BCUT2D eigenvalue weighted by molar-refractivity contribution is 6.28. The number of aromatic nitrogens is 2. The van der Waals surface area contributed by atoms with Crippen LogP contribution in [0.2, 0.25) is 5.28 Å². The molecule has 0 spiro atoms. The van der Waals surface area contributed by atoms with Crippen molar-refractivity contribution in [2.75, 3.05) is 31.2 Å². The number of morpholine rings is 1. The first-order valence-electron chi connectivity index (χ1n) is 4.71. The van der Waals surface area contributed by atoms with E-state index in [1.807, 2.05) is 6.07 Å². The van der Waals surface area contributed by atoms with Crippen LogP contribution in [0.25, 0.3) is 0 Å². The van der Waals surface area contributed by atoms with E-state index in [1.54, 1.807) is 0 Å². The number of hydrogen-bond donors (Lipinski definition) is 0. The van der Waals surface area contributed by atoms with Gasteiger partial charge in [-0.05, 0) is 11.6 Å². The molecular formula is C9H11Cl2N3O. The van der Waals surface area contributed by atoms with Crippen LogP contribution in [0.5, 0.6) is 0 Å². The Bertz CT molecular complexity index is 342. The maximum Gasteiger partial charge on any atom is 0.224 e. The molecule has 1 fully saturated rings. The lowest BCUT2D eigenvalue weighted by Gasteiger charge is -2.27. The third kappa shape index (κ3) is 2.71. The average molecular weight is 248 g/mol. The Kier molecular flexibility index (Phi) is 3.61. The highest BCUT2D eigenvalue weighted by atomic mass is 35.5. The van der Waals surface area contributed by atoms with E-state index < -0.39 is 0 Å². The third-order valence-corrected chi connectivity index (χ3v) is 2.65. The maximum atomic E-state index is 5.81. The minimum absolute atomic E-state index is 0.245. The molecule has 0 bridgehead atoms. The number of ether oxygens (including phenoxy) is 1. The fourth-order valence-electron chi connectivity index (χ4n) is 1.47. The quantitative estimate of drug-likeness (QED) is 0.589. The molecule has 6 heteroatoms. The molecule has 0 N–H and O–H groups in total. The summed E-state index contributed by atoms with van der Waals surface area (Å²) in [4.78, 5) is 10.3. The first kappa shape index (κ1) is 10.9. The fourth-order valence-corrected chi connectivity index (χ4v) is 1.81. The second-order valence-electron chi connectivity index (χ2n) is 3.22. The number of nitrogens with zero attached hydrogens (tertiary/aromatic N) is 3. The van der Waals surface area contributed by atoms with E-state index in [-0.39, 0.29) is 5.28 Å². The Morgan fingerprint density at radius 3 is 2.73 bits per heavy atom.